The second kappa shape index (κ2) is 8.90. The highest BCUT2D eigenvalue weighted by Crippen LogP contribution is 2.39. The fourth-order valence-corrected chi connectivity index (χ4v) is 7.01. The Labute approximate surface area is 186 Å². The van der Waals surface area contributed by atoms with E-state index in [1.165, 1.54) is 5.56 Å². The van der Waals surface area contributed by atoms with Crippen LogP contribution in [0, 0.1) is 5.92 Å². The molecule has 5 nitrogen and oxygen atoms in total. The van der Waals surface area contributed by atoms with Crippen LogP contribution in [0.1, 0.15) is 44.1 Å². The number of guanidine groups is 1. The summed E-state index contributed by atoms with van der Waals surface area (Å²) in [4.78, 5) is 6.69. The van der Waals surface area contributed by atoms with E-state index in [9.17, 15) is 8.42 Å². The van der Waals surface area contributed by atoms with Crippen molar-refractivity contribution >= 4 is 39.8 Å². The van der Waals surface area contributed by atoms with E-state index in [0.717, 1.165) is 50.9 Å². The predicted molar refractivity (Wildman–Crippen MR) is 125 cm³/mol. The van der Waals surface area contributed by atoms with Gasteiger partial charge in [-0.2, -0.15) is 0 Å². The summed E-state index contributed by atoms with van der Waals surface area (Å²) in [6.07, 6.45) is 7.08. The molecule has 2 aliphatic carbocycles. The van der Waals surface area contributed by atoms with Crippen molar-refractivity contribution in [3.05, 3.63) is 35.9 Å². The SMILES string of the molecule is CN=C(NC1CC1Cc1ccccc1)N1CCS(=O)(=O)C2(CCCCC2)C1.I. The van der Waals surface area contributed by atoms with Crippen LogP contribution in [0.5, 0.6) is 0 Å². The summed E-state index contributed by atoms with van der Waals surface area (Å²) < 4.78 is 25.1. The first-order valence-corrected chi connectivity index (χ1v) is 11.9. The molecule has 1 saturated heterocycles. The van der Waals surface area contributed by atoms with Gasteiger partial charge >= 0.3 is 0 Å². The number of halogens is 1. The van der Waals surface area contributed by atoms with Crippen LogP contribution in [0.3, 0.4) is 0 Å². The Balaban J connectivity index is 0.00000225. The van der Waals surface area contributed by atoms with Crippen LogP contribution < -0.4 is 5.32 Å². The monoisotopic (exact) mass is 517 g/mol. The van der Waals surface area contributed by atoms with Crippen molar-refractivity contribution < 1.29 is 8.42 Å². The molecule has 1 aromatic rings. The third-order valence-electron chi connectivity index (χ3n) is 6.62. The van der Waals surface area contributed by atoms with Gasteiger partial charge in [0, 0.05) is 26.2 Å². The highest BCUT2D eigenvalue weighted by atomic mass is 127. The molecule has 0 radical (unpaired) electrons. The van der Waals surface area contributed by atoms with Gasteiger partial charge in [-0.3, -0.25) is 4.99 Å². The first kappa shape index (κ1) is 21.9. The van der Waals surface area contributed by atoms with Gasteiger partial charge in [0.2, 0.25) is 0 Å². The van der Waals surface area contributed by atoms with Crippen LogP contribution in [0.15, 0.2) is 35.3 Å². The highest BCUT2D eigenvalue weighted by molar-refractivity contribution is 14.0. The molecule has 1 aromatic carbocycles. The Morgan fingerprint density at radius 3 is 2.61 bits per heavy atom. The molecule has 3 aliphatic rings. The van der Waals surface area contributed by atoms with Crippen LogP contribution in [0.2, 0.25) is 0 Å². The zero-order chi connectivity index (χ0) is 18.9. The maximum Gasteiger partial charge on any atom is 0.193 e. The molecule has 2 atom stereocenters. The number of sulfone groups is 1. The lowest BCUT2D eigenvalue weighted by Crippen LogP contribution is -2.60. The van der Waals surface area contributed by atoms with Crippen LogP contribution in [0.4, 0.5) is 0 Å². The van der Waals surface area contributed by atoms with Crippen molar-refractivity contribution in [2.75, 3.05) is 25.9 Å². The highest BCUT2D eigenvalue weighted by Gasteiger charge is 2.49. The van der Waals surface area contributed by atoms with Crippen molar-refractivity contribution in [3.8, 4) is 0 Å². The third kappa shape index (κ3) is 4.50. The van der Waals surface area contributed by atoms with E-state index in [2.05, 4.69) is 45.5 Å². The van der Waals surface area contributed by atoms with Crippen molar-refractivity contribution in [2.24, 2.45) is 10.9 Å². The van der Waals surface area contributed by atoms with Gasteiger partial charge in [0.25, 0.3) is 0 Å². The van der Waals surface area contributed by atoms with Crippen LogP contribution in [-0.4, -0.2) is 56.0 Å². The van der Waals surface area contributed by atoms with E-state index in [4.69, 9.17) is 0 Å². The lowest BCUT2D eigenvalue weighted by molar-refractivity contribution is 0.273. The Kier molecular flexibility index (Phi) is 6.95. The third-order valence-corrected chi connectivity index (χ3v) is 9.20. The lowest BCUT2D eigenvalue weighted by Gasteiger charge is -2.45. The summed E-state index contributed by atoms with van der Waals surface area (Å²) in [5, 5.41) is 3.61. The van der Waals surface area contributed by atoms with E-state index in [1.807, 2.05) is 7.05 Å². The smallest absolute Gasteiger partial charge is 0.193 e. The predicted octanol–water partition coefficient (Wildman–Crippen LogP) is 3.24. The minimum Gasteiger partial charge on any atom is -0.353 e. The first-order valence-electron chi connectivity index (χ1n) is 10.3. The van der Waals surface area contributed by atoms with Gasteiger partial charge in [-0.15, -0.1) is 24.0 Å². The largest absolute Gasteiger partial charge is 0.353 e. The fourth-order valence-electron chi connectivity index (χ4n) is 4.85. The fraction of sp³-hybridized carbons (Fsp3) is 0.667. The molecule has 28 heavy (non-hydrogen) atoms. The molecule has 1 N–H and O–H groups in total. The summed E-state index contributed by atoms with van der Waals surface area (Å²) in [5.41, 5.74) is 1.38. The molecule has 1 spiro atoms. The molecule has 1 aliphatic heterocycles. The summed E-state index contributed by atoms with van der Waals surface area (Å²) in [5.74, 6) is 1.78. The molecule has 0 amide bonds. The molecule has 7 heteroatoms. The van der Waals surface area contributed by atoms with Gasteiger partial charge in [-0.05, 0) is 37.2 Å². The number of hydrogen-bond acceptors (Lipinski definition) is 3. The van der Waals surface area contributed by atoms with Gasteiger partial charge in [0.15, 0.2) is 15.8 Å². The van der Waals surface area contributed by atoms with Crippen molar-refractivity contribution in [2.45, 2.75) is 55.7 Å². The van der Waals surface area contributed by atoms with Crippen LogP contribution in [0.25, 0.3) is 0 Å². The molecule has 2 saturated carbocycles. The summed E-state index contributed by atoms with van der Waals surface area (Å²) in [6, 6.07) is 11.1. The normalized spacial score (nSPS) is 28.5. The Morgan fingerprint density at radius 1 is 1.21 bits per heavy atom. The molecule has 0 bridgehead atoms. The first-order chi connectivity index (χ1) is 13.0. The Bertz CT molecular complexity index is 791. The number of hydrogen-bond donors (Lipinski definition) is 1. The summed E-state index contributed by atoms with van der Waals surface area (Å²) >= 11 is 0. The molecule has 156 valence electrons. The molecule has 0 aromatic heterocycles. The maximum absolute atomic E-state index is 12.8. The molecule has 4 rings (SSSR count). The minimum atomic E-state index is -3.01. The van der Waals surface area contributed by atoms with Crippen molar-refractivity contribution in [1.82, 2.24) is 10.2 Å². The second-order valence-corrected chi connectivity index (χ2v) is 11.0. The molecular weight excluding hydrogens is 485 g/mol. The van der Waals surface area contributed by atoms with Gasteiger partial charge in [0.05, 0.1) is 10.5 Å². The number of nitrogens with one attached hydrogen (secondary N) is 1. The van der Waals surface area contributed by atoms with Gasteiger partial charge in [-0.1, -0.05) is 49.6 Å². The Morgan fingerprint density at radius 2 is 1.93 bits per heavy atom. The number of aliphatic imine (C=N–C) groups is 1. The average molecular weight is 517 g/mol. The van der Waals surface area contributed by atoms with Gasteiger partial charge < -0.3 is 10.2 Å². The lowest BCUT2D eigenvalue weighted by atomic mass is 9.87. The topological polar surface area (TPSA) is 61.8 Å². The zero-order valence-electron chi connectivity index (χ0n) is 16.6. The number of rotatable bonds is 3. The van der Waals surface area contributed by atoms with Gasteiger partial charge in [-0.25, -0.2) is 8.42 Å². The van der Waals surface area contributed by atoms with E-state index < -0.39 is 14.6 Å². The van der Waals surface area contributed by atoms with Crippen LogP contribution >= 0.6 is 24.0 Å². The summed E-state index contributed by atoms with van der Waals surface area (Å²) in [7, 11) is -1.20. The molecule has 3 fully saturated rings. The Hall–Kier alpha value is -0.830. The maximum atomic E-state index is 12.8. The quantitative estimate of drug-likeness (QED) is 0.380. The molecule has 1 heterocycles. The number of nitrogens with zero attached hydrogens (tertiary/aromatic N) is 2. The van der Waals surface area contributed by atoms with Crippen molar-refractivity contribution in [3.63, 3.8) is 0 Å². The van der Waals surface area contributed by atoms with Gasteiger partial charge in [0.1, 0.15) is 0 Å². The van der Waals surface area contributed by atoms with E-state index in [0.29, 0.717) is 25.0 Å². The molecule has 2 unspecified atom stereocenters. The number of benzene rings is 1. The average Bonchev–Trinajstić information content (AvgIpc) is 3.41. The minimum absolute atomic E-state index is 0. The van der Waals surface area contributed by atoms with E-state index in [1.54, 1.807) is 0 Å². The van der Waals surface area contributed by atoms with E-state index in [-0.39, 0.29) is 29.7 Å². The van der Waals surface area contributed by atoms with E-state index >= 15 is 0 Å². The van der Waals surface area contributed by atoms with Crippen molar-refractivity contribution in [1.29, 1.82) is 0 Å². The summed E-state index contributed by atoms with van der Waals surface area (Å²) in [6.45, 7) is 1.16. The standard InChI is InChI=1S/C21H31N3O2S.HI/c1-22-20(23-19-15-18(19)14-17-8-4-2-5-9-17)24-12-13-27(25,26)21(16-24)10-6-3-7-11-21;/h2,4-5,8-9,18-19H,3,6-7,10-16H2,1H3,(H,22,23);1H. The second-order valence-electron chi connectivity index (χ2n) is 8.47. The molecular formula is C21H32IN3O2S. The van der Waals surface area contributed by atoms with Crippen LogP contribution in [-0.2, 0) is 16.3 Å². The zero-order valence-corrected chi connectivity index (χ0v) is 19.8.